The Morgan fingerprint density at radius 2 is 1.22 bits per heavy atom. The van der Waals surface area contributed by atoms with Crippen molar-refractivity contribution in [3.05, 3.63) is 0 Å². The molecule has 0 N–H and O–H groups in total. The predicted molar refractivity (Wildman–Crippen MR) is 98.6 cm³/mol. The average Bonchev–Trinajstić information content (AvgIpc) is 3.28. The summed E-state index contributed by atoms with van der Waals surface area (Å²) in [6, 6.07) is 0. The van der Waals surface area contributed by atoms with Crippen LogP contribution in [0.5, 0.6) is 0 Å². The molecule has 0 aromatic carbocycles. The lowest BCUT2D eigenvalue weighted by Gasteiger charge is -2.07. The third-order valence-corrected chi connectivity index (χ3v) is 5.45. The van der Waals surface area contributed by atoms with Crippen LogP contribution < -0.4 is 0 Å². The third-order valence-electron chi connectivity index (χ3n) is 5.45. The Morgan fingerprint density at radius 3 is 1.74 bits per heavy atom. The van der Waals surface area contributed by atoms with Crippen molar-refractivity contribution in [2.75, 3.05) is 7.11 Å². The van der Waals surface area contributed by atoms with Crippen LogP contribution in [0.25, 0.3) is 0 Å². The number of hydrogen-bond acceptors (Lipinski definition) is 2. The minimum Gasteiger partial charge on any atom is -0.469 e. The number of unbranched alkanes of at least 4 members (excludes halogenated alkanes) is 6. The van der Waals surface area contributed by atoms with Gasteiger partial charge in [-0.2, -0.15) is 0 Å². The number of carbonyl (C=O) groups is 1. The molecule has 0 aliphatic heterocycles. The fourth-order valence-electron chi connectivity index (χ4n) is 3.87. The van der Waals surface area contributed by atoms with Crippen molar-refractivity contribution >= 4 is 5.97 Å². The summed E-state index contributed by atoms with van der Waals surface area (Å²) in [7, 11) is 1.46. The van der Waals surface area contributed by atoms with Crippen molar-refractivity contribution in [1.82, 2.24) is 0 Å². The number of rotatable bonds is 10. The van der Waals surface area contributed by atoms with E-state index in [4.69, 9.17) is 0 Å². The van der Waals surface area contributed by atoms with Gasteiger partial charge in [-0.05, 0) is 12.3 Å². The Morgan fingerprint density at radius 1 is 0.739 bits per heavy atom. The van der Waals surface area contributed by atoms with E-state index >= 15 is 0 Å². The highest BCUT2D eigenvalue weighted by molar-refractivity contribution is 5.68. The third kappa shape index (κ3) is 12.5. The number of hydrogen-bond donors (Lipinski definition) is 0. The standard InChI is InChI=1S/C16H30O2.C5H10/c1-18-16(17)14-8-6-4-2-3-5-7-11-15-12-9-10-13-15;1-2-4-5-3-1/h15H,2-14H2,1H3;1-5H2. The van der Waals surface area contributed by atoms with E-state index in [2.05, 4.69) is 4.74 Å². The van der Waals surface area contributed by atoms with Crippen LogP contribution in [0, 0.1) is 5.92 Å². The van der Waals surface area contributed by atoms with Gasteiger partial charge in [0.05, 0.1) is 7.11 Å². The Labute approximate surface area is 144 Å². The molecular weight excluding hydrogens is 284 g/mol. The topological polar surface area (TPSA) is 26.3 Å². The highest BCUT2D eigenvalue weighted by atomic mass is 16.5. The summed E-state index contributed by atoms with van der Waals surface area (Å²) in [6.45, 7) is 0. The quantitative estimate of drug-likeness (QED) is 0.326. The summed E-state index contributed by atoms with van der Waals surface area (Å²) in [5, 5.41) is 0. The Balaban J connectivity index is 0.000000446. The molecule has 0 saturated heterocycles. The highest BCUT2D eigenvalue weighted by Gasteiger charge is 2.13. The van der Waals surface area contributed by atoms with Gasteiger partial charge in [0.25, 0.3) is 0 Å². The van der Waals surface area contributed by atoms with Crippen LogP contribution >= 0.6 is 0 Å². The average molecular weight is 325 g/mol. The van der Waals surface area contributed by atoms with Crippen LogP contribution in [0.15, 0.2) is 0 Å². The first-order chi connectivity index (χ1) is 11.3. The SMILES string of the molecule is C1CCCC1.COC(=O)CCCCCCCCCC1CCCC1. The second-order valence-corrected chi connectivity index (χ2v) is 7.51. The molecule has 23 heavy (non-hydrogen) atoms. The van der Waals surface area contributed by atoms with E-state index in [9.17, 15) is 4.79 Å². The van der Waals surface area contributed by atoms with Gasteiger partial charge >= 0.3 is 5.97 Å². The van der Waals surface area contributed by atoms with E-state index < -0.39 is 0 Å². The summed E-state index contributed by atoms with van der Waals surface area (Å²) in [5.41, 5.74) is 0. The second-order valence-electron chi connectivity index (χ2n) is 7.51. The predicted octanol–water partition coefficient (Wildman–Crippen LogP) is 6.81. The molecule has 0 spiro atoms. The van der Waals surface area contributed by atoms with Crippen LogP contribution in [0.2, 0.25) is 0 Å². The van der Waals surface area contributed by atoms with Crippen LogP contribution in [-0.2, 0) is 9.53 Å². The number of ether oxygens (including phenoxy) is 1. The summed E-state index contributed by atoms with van der Waals surface area (Å²) in [5.74, 6) is 0.997. The molecule has 2 fully saturated rings. The Bertz CT molecular complexity index is 257. The summed E-state index contributed by atoms with van der Waals surface area (Å²) >= 11 is 0. The van der Waals surface area contributed by atoms with Crippen LogP contribution in [0.1, 0.15) is 116 Å². The number of methoxy groups -OCH3 is 1. The summed E-state index contributed by atoms with van der Waals surface area (Å²) in [4.78, 5) is 10.9. The van der Waals surface area contributed by atoms with Crippen molar-refractivity contribution in [3.8, 4) is 0 Å². The summed E-state index contributed by atoms with van der Waals surface area (Å²) in [6.07, 6.45) is 24.5. The van der Waals surface area contributed by atoms with E-state index in [0.29, 0.717) is 6.42 Å². The maximum absolute atomic E-state index is 10.9. The van der Waals surface area contributed by atoms with Gasteiger partial charge in [0.1, 0.15) is 0 Å². The second kappa shape index (κ2) is 15.0. The van der Waals surface area contributed by atoms with E-state index in [0.717, 1.165) is 12.3 Å². The molecule has 2 nitrogen and oxygen atoms in total. The van der Waals surface area contributed by atoms with Crippen LogP contribution in [0.4, 0.5) is 0 Å². The van der Waals surface area contributed by atoms with E-state index in [-0.39, 0.29) is 5.97 Å². The molecule has 0 bridgehead atoms. The first-order valence-electron chi connectivity index (χ1n) is 10.4. The molecule has 136 valence electrons. The first kappa shape index (κ1) is 20.5. The molecule has 0 amide bonds. The summed E-state index contributed by atoms with van der Waals surface area (Å²) < 4.78 is 4.62. The largest absolute Gasteiger partial charge is 0.469 e. The molecule has 2 aliphatic carbocycles. The van der Waals surface area contributed by atoms with Crippen molar-refractivity contribution in [1.29, 1.82) is 0 Å². The normalized spacial score (nSPS) is 17.8. The molecule has 0 atom stereocenters. The van der Waals surface area contributed by atoms with Gasteiger partial charge in [-0.15, -0.1) is 0 Å². The molecule has 2 saturated carbocycles. The highest BCUT2D eigenvalue weighted by Crippen LogP contribution is 2.29. The lowest BCUT2D eigenvalue weighted by atomic mass is 9.99. The molecule has 2 heteroatoms. The molecule has 0 heterocycles. The van der Waals surface area contributed by atoms with Crippen LogP contribution in [-0.4, -0.2) is 13.1 Å². The van der Waals surface area contributed by atoms with E-state index in [1.165, 1.54) is 110 Å². The van der Waals surface area contributed by atoms with Crippen molar-refractivity contribution in [2.45, 2.75) is 116 Å². The van der Waals surface area contributed by atoms with Gasteiger partial charge in [0, 0.05) is 6.42 Å². The van der Waals surface area contributed by atoms with Crippen LogP contribution in [0.3, 0.4) is 0 Å². The lowest BCUT2D eigenvalue weighted by Crippen LogP contribution is -1.99. The number of carbonyl (C=O) groups excluding carboxylic acids is 1. The molecule has 0 radical (unpaired) electrons. The van der Waals surface area contributed by atoms with Gasteiger partial charge < -0.3 is 4.74 Å². The molecule has 2 aliphatic rings. The monoisotopic (exact) mass is 324 g/mol. The zero-order chi connectivity index (χ0) is 16.6. The molecular formula is C21H40O2. The number of esters is 1. The fraction of sp³-hybridized carbons (Fsp3) is 0.952. The molecule has 0 aromatic rings. The minimum atomic E-state index is -0.0634. The molecule has 0 unspecified atom stereocenters. The van der Waals surface area contributed by atoms with Crippen molar-refractivity contribution in [3.63, 3.8) is 0 Å². The minimum absolute atomic E-state index is 0.0634. The van der Waals surface area contributed by atoms with Crippen molar-refractivity contribution in [2.24, 2.45) is 5.92 Å². The smallest absolute Gasteiger partial charge is 0.305 e. The Hall–Kier alpha value is -0.530. The van der Waals surface area contributed by atoms with E-state index in [1.807, 2.05) is 0 Å². The van der Waals surface area contributed by atoms with Crippen molar-refractivity contribution < 1.29 is 9.53 Å². The fourth-order valence-corrected chi connectivity index (χ4v) is 3.87. The zero-order valence-electron chi connectivity index (χ0n) is 15.6. The zero-order valence-corrected chi connectivity index (χ0v) is 15.6. The Kier molecular flexibility index (Phi) is 13.4. The molecule has 2 rings (SSSR count). The lowest BCUT2D eigenvalue weighted by molar-refractivity contribution is -0.140. The van der Waals surface area contributed by atoms with Gasteiger partial charge in [0.15, 0.2) is 0 Å². The van der Waals surface area contributed by atoms with Gasteiger partial charge in [-0.3, -0.25) is 4.79 Å². The van der Waals surface area contributed by atoms with E-state index in [1.54, 1.807) is 0 Å². The maximum atomic E-state index is 10.9. The van der Waals surface area contributed by atoms with Gasteiger partial charge in [-0.1, -0.05) is 103 Å². The molecule has 0 aromatic heterocycles. The first-order valence-corrected chi connectivity index (χ1v) is 10.4. The van der Waals surface area contributed by atoms with Gasteiger partial charge in [0.2, 0.25) is 0 Å². The van der Waals surface area contributed by atoms with Gasteiger partial charge in [-0.25, -0.2) is 0 Å². The maximum Gasteiger partial charge on any atom is 0.305 e.